The van der Waals surface area contributed by atoms with Gasteiger partial charge in [0, 0.05) is 36.6 Å². The topological polar surface area (TPSA) is 101 Å². The molecule has 1 unspecified atom stereocenters. The normalized spacial score (nSPS) is 18.2. The Hall–Kier alpha value is -3.91. The van der Waals surface area contributed by atoms with Crippen LogP contribution in [-0.4, -0.2) is 39.5 Å². The Morgan fingerprint density at radius 1 is 1.15 bits per heavy atom. The lowest BCUT2D eigenvalue weighted by Crippen LogP contribution is -2.22. The van der Waals surface area contributed by atoms with Gasteiger partial charge < -0.3 is 5.32 Å². The molecule has 2 aliphatic rings. The van der Waals surface area contributed by atoms with E-state index in [2.05, 4.69) is 27.3 Å². The lowest BCUT2D eigenvalue weighted by molar-refractivity contribution is -0.384. The summed E-state index contributed by atoms with van der Waals surface area (Å²) in [4.78, 5) is 35.2. The number of likely N-dealkylation sites (tertiary alicyclic amines) is 1. The molecule has 1 atom stereocenters. The molecule has 2 aliphatic heterocycles. The van der Waals surface area contributed by atoms with Gasteiger partial charge in [-0.3, -0.25) is 29.8 Å². The fourth-order valence-corrected chi connectivity index (χ4v) is 4.46. The number of aromatic nitrogens is 1. The minimum atomic E-state index is -0.686. The maximum Gasteiger partial charge on any atom is 0.271 e. The third-order valence-corrected chi connectivity index (χ3v) is 6.10. The third-order valence-electron chi connectivity index (χ3n) is 6.10. The molecule has 1 aromatic heterocycles. The molecular weight excluding hydrogens is 418 g/mol. The number of carbonyl (C=O) groups excluding carboxylic acids is 1. The number of hydrogen-bond donors (Lipinski definition) is 1. The summed E-state index contributed by atoms with van der Waals surface area (Å²) in [5.74, 6) is -0.951. The van der Waals surface area contributed by atoms with Gasteiger partial charge in [0.15, 0.2) is 0 Å². The van der Waals surface area contributed by atoms with Crippen LogP contribution in [0, 0.1) is 10.1 Å². The van der Waals surface area contributed by atoms with Gasteiger partial charge in [0.05, 0.1) is 22.0 Å². The summed E-state index contributed by atoms with van der Waals surface area (Å²) < 4.78 is 0. The maximum absolute atomic E-state index is 13.0. The average Bonchev–Trinajstić information content (AvgIpc) is 3.45. The van der Waals surface area contributed by atoms with Gasteiger partial charge in [-0.2, -0.15) is 0 Å². The van der Waals surface area contributed by atoms with Crippen LogP contribution < -0.4 is 5.32 Å². The van der Waals surface area contributed by atoms with E-state index >= 15 is 0 Å². The van der Waals surface area contributed by atoms with Crippen LogP contribution in [0.15, 0.2) is 72.0 Å². The molecule has 8 heteroatoms. The van der Waals surface area contributed by atoms with Crippen LogP contribution in [-0.2, 0) is 11.3 Å². The van der Waals surface area contributed by atoms with Crippen molar-refractivity contribution in [3.63, 3.8) is 0 Å². The van der Waals surface area contributed by atoms with Crippen LogP contribution in [0.2, 0.25) is 0 Å². The first-order valence-electron chi connectivity index (χ1n) is 11.0. The molecule has 166 valence electrons. The second-order valence-electron chi connectivity index (χ2n) is 8.34. The summed E-state index contributed by atoms with van der Waals surface area (Å²) in [5.41, 5.74) is 4.29. The Morgan fingerprint density at radius 3 is 2.64 bits per heavy atom. The Balaban J connectivity index is 1.51. The zero-order valence-corrected chi connectivity index (χ0v) is 18.0. The van der Waals surface area contributed by atoms with Gasteiger partial charge in [0.1, 0.15) is 5.92 Å². The standard InChI is InChI=1S/C25H23N5O3/c31-25-23(21-10-9-20(30(32)33)14-22(21)28-25)24(18-4-3-11-26-15-18)27-19-7-5-17(6-8-19)16-29-12-1-2-13-29/h3-11,14-15,23H,1-2,12-13,16H2,(H,28,31). The number of non-ortho nitro benzene ring substituents is 1. The second-order valence-corrected chi connectivity index (χ2v) is 8.34. The maximum atomic E-state index is 13.0. The molecule has 0 saturated carbocycles. The molecular formula is C25H23N5O3. The van der Waals surface area contributed by atoms with Crippen LogP contribution >= 0.6 is 0 Å². The fraction of sp³-hybridized carbons (Fsp3) is 0.240. The highest BCUT2D eigenvalue weighted by Crippen LogP contribution is 2.38. The molecule has 33 heavy (non-hydrogen) atoms. The summed E-state index contributed by atoms with van der Waals surface area (Å²) in [6.45, 7) is 3.20. The van der Waals surface area contributed by atoms with Gasteiger partial charge in [-0.05, 0) is 61.3 Å². The Kier molecular flexibility index (Phi) is 5.66. The zero-order valence-electron chi connectivity index (χ0n) is 18.0. The van der Waals surface area contributed by atoms with Crippen molar-refractivity contribution in [3.8, 4) is 0 Å². The van der Waals surface area contributed by atoms with Gasteiger partial charge in [0.25, 0.3) is 5.69 Å². The van der Waals surface area contributed by atoms with E-state index in [4.69, 9.17) is 4.99 Å². The second kappa shape index (κ2) is 8.91. The highest BCUT2D eigenvalue weighted by Gasteiger charge is 2.36. The predicted octanol–water partition coefficient (Wildman–Crippen LogP) is 4.44. The van der Waals surface area contributed by atoms with Crippen molar-refractivity contribution in [2.24, 2.45) is 4.99 Å². The largest absolute Gasteiger partial charge is 0.325 e. The number of amides is 1. The molecule has 0 aliphatic carbocycles. The molecule has 8 nitrogen and oxygen atoms in total. The van der Waals surface area contributed by atoms with Crippen molar-refractivity contribution < 1.29 is 9.72 Å². The Labute approximate surface area is 191 Å². The van der Waals surface area contributed by atoms with Crippen LogP contribution in [0.3, 0.4) is 0 Å². The summed E-state index contributed by atoms with van der Waals surface area (Å²) in [7, 11) is 0. The Bertz CT molecular complexity index is 1220. The van der Waals surface area contributed by atoms with E-state index in [9.17, 15) is 14.9 Å². The van der Waals surface area contributed by atoms with Crippen molar-refractivity contribution in [2.75, 3.05) is 18.4 Å². The molecule has 0 bridgehead atoms. The molecule has 1 N–H and O–H groups in total. The van der Waals surface area contributed by atoms with E-state index in [0.717, 1.165) is 30.9 Å². The minimum Gasteiger partial charge on any atom is -0.325 e. The first-order valence-corrected chi connectivity index (χ1v) is 11.0. The SMILES string of the molecule is O=C1Nc2cc([N+](=O)[O-])ccc2C1C(=Nc1ccc(CN2CCCC2)cc1)c1cccnc1. The molecule has 5 rings (SSSR count). The minimum absolute atomic E-state index is 0.0665. The average molecular weight is 441 g/mol. The number of nitrogens with one attached hydrogen (secondary N) is 1. The first-order chi connectivity index (χ1) is 16.1. The van der Waals surface area contributed by atoms with E-state index in [-0.39, 0.29) is 11.6 Å². The van der Waals surface area contributed by atoms with E-state index in [1.54, 1.807) is 24.5 Å². The highest BCUT2D eigenvalue weighted by atomic mass is 16.6. The summed E-state index contributed by atoms with van der Waals surface area (Å²) in [5, 5.41) is 13.9. The molecule has 3 heterocycles. The predicted molar refractivity (Wildman–Crippen MR) is 126 cm³/mol. The van der Waals surface area contributed by atoms with Gasteiger partial charge >= 0.3 is 0 Å². The number of pyridine rings is 1. The molecule has 0 spiro atoms. The lowest BCUT2D eigenvalue weighted by Gasteiger charge is -2.15. The van der Waals surface area contributed by atoms with Crippen molar-refractivity contribution in [1.82, 2.24) is 9.88 Å². The van der Waals surface area contributed by atoms with E-state index < -0.39 is 10.8 Å². The molecule has 1 fully saturated rings. The quantitative estimate of drug-likeness (QED) is 0.346. The van der Waals surface area contributed by atoms with E-state index in [1.165, 1.54) is 30.5 Å². The molecule has 1 amide bonds. The lowest BCUT2D eigenvalue weighted by atomic mass is 9.91. The molecule has 2 aromatic carbocycles. The number of fused-ring (bicyclic) bond motifs is 1. The number of benzene rings is 2. The number of nitro benzene ring substituents is 1. The third kappa shape index (κ3) is 4.38. The van der Waals surface area contributed by atoms with Gasteiger partial charge in [-0.15, -0.1) is 0 Å². The van der Waals surface area contributed by atoms with Gasteiger partial charge in [-0.25, -0.2) is 0 Å². The molecule has 3 aromatic rings. The fourth-order valence-electron chi connectivity index (χ4n) is 4.46. The molecule has 1 saturated heterocycles. The zero-order chi connectivity index (χ0) is 22.8. The summed E-state index contributed by atoms with van der Waals surface area (Å²) in [6.07, 6.45) is 5.85. The van der Waals surface area contributed by atoms with Crippen LogP contribution in [0.25, 0.3) is 0 Å². The summed E-state index contributed by atoms with van der Waals surface area (Å²) in [6, 6.07) is 16.2. The van der Waals surface area contributed by atoms with Crippen molar-refractivity contribution >= 4 is 28.7 Å². The van der Waals surface area contributed by atoms with Crippen molar-refractivity contribution in [1.29, 1.82) is 0 Å². The van der Waals surface area contributed by atoms with Gasteiger partial charge in [0.2, 0.25) is 5.91 Å². The smallest absolute Gasteiger partial charge is 0.271 e. The highest BCUT2D eigenvalue weighted by molar-refractivity contribution is 6.24. The van der Waals surface area contributed by atoms with Crippen LogP contribution in [0.1, 0.15) is 35.4 Å². The molecule has 0 radical (unpaired) electrons. The number of aliphatic imine (C=N–C) groups is 1. The van der Waals surface area contributed by atoms with Crippen molar-refractivity contribution in [2.45, 2.75) is 25.3 Å². The number of rotatable bonds is 6. The van der Waals surface area contributed by atoms with E-state index in [0.29, 0.717) is 17.0 Å². The number of carbonyl (C=O) groups is 1. The summed E-state index contributed by atoms with van der Waals surface area (Å²) >= 11 is 0. The first kappa shape index (κ1) is 21.0. The Morgan fingerprint density at radius 2 is 1.94 bits per heavy atom. The van der Waals surface area contributed by atoms with E-state index in [1.807, 2.05) is 18.2 Å². The number of nitro groups is 1. The number of nitrogens with zero attached hydrogens (tertiary/aromatic N) is 4. The number of hydrogen-bond acceptors (Lipinski definition) is 6. The van der Waals surface area contributed by atoms with Crippen LogP contribution in [0.4, 0.5) is 17.1 Å². The number of anilines is 1. The van der Waals surface area contributed by atoms with Crippen LogP contribution in [0.5, 0.6) is 0 Å². The van der Waals surface area contributed by atoms with Gasteiger partial charge in [-0.1, -0.05) is 18.2 Å². The monoisotopic (exact) mass is 441 g/mol. The van der Waals surface area contributed by atoms with Crippen molar-refractivity contribution in [3.05, 3.63) is 93.8 Å².